The Kier molecular flexibility index (Phi) is 4.34. The van der Waals surface area contributed by atoms with Crippen LogP contribution in [0.2, 0.25) is 0 Å². The number of methoxy groups -OCH3 is 1. The van der Waals surface area contributed by atoms with E-state index in [4.69, 9.17) is 4.74 Å². The van der Waals surface area contributed by atoms with E-state index in [9.17, 15) is 9.59 Å². The van der Waals surface area contributed by atoms with Crippen LogP contribution >= 0.6 is 0 Å². The van der Waals surface area contributed by atoms with Gasteiger partial charge >= 0.3 is 5.97 Å². The van der Waals surface area contributed by atoms with Gasteiger partial charge in [-0.05, 0) is 29.0 Å². The normalized spacial score (nSPS) is 10.9. The summed E-state index contributed by atoms with van der Waals surface area (Å²) in [6.45, 7) is 0.102. The van der Waals surface area contributed by atoms with Gasteiger partial charge in [0.05, 0.1) is 12.7 Å². The number of para-hydroxylation sites is 1. The molecule has 0 aliphatic rings. The number of aromatic nitrogens is 1. The quantitative estimate of drug-likeness (QED) is 0.556. The zero-order valence-corrected chi connectivity index (χ0v) is 14.8. The van der Waals surface area contributed by atoms with Crippen LogP contribution in [0.25, 0.3) is 21.7 Å². The molecule has 0 spiro atoms. The highest BCUT2D eigenvalue weighted by Gasteiger charge is 2.16. The van der Waals surface area contributed by atoms with Gasteiger partial charge in [-0.1, -0.05) is 48.5 Å². The van der Waals surface area contributed by atoms with Gasteiger partial charge in [0.25, 0.3) is 0 Å². The van der Waals surface area contributed by atoms with Crippen LogP contribution in [0.15, 0.2) is 72.9 Å². The van der Waals surface area contributed by atoms with Crippen molar-refractivity contribution in [2.45, 2.75) is 6.54 Å². The minimum Gasteiger partial charge on any atom is -0.465 e. The third-order valence-corrected chi connectivity index (χ3v) is 4.54. The lowest BCUT2D eigenvalue weighted by Gasteiger charge is -2.08. The minimum atomic E-state index is -0.417. The number of rotatable bonds is 4. The van der Waals surface area contributed by atoms with Crippen LogP contribution < -0.4 is 5.32 Å². The van der Waals surface area contributed by atoms with Gasteiger partial charge in [-0.25, -0.2) is 4.79 Å². The molecule has 5 nitrogen and oxygen atoms in total. The van der Waals surface area contributed by atoms with Gasteiger partial charge in [0.15, 0.2) is 0 Å². The molecule has 0 saturated heterocycles. The summed E-state index contributed by atoms with van der Waals surface area (Å²) >= 11 is 0. The van der Waals surface area contributed by atoms with Crippen molar-refractivity contribution in [2.75, 3.05) is 12.4 Å². The predicted octanol–water partition coefficient (Wildman–Crippen LogP) is 4.22. The highest BCUT2D eigenvalue weighted by atomic mass is 16.5. The number of carbonyl (C=O) groups excluding carboxylic acids is 2. The molecular weight excluding hydrogens is 340 g/mol. The second-order valence-corrected chi connectivity index (χ2v) is 6.29. The molecule has 0 saturated carbocycles. The molecule has 3 aromatic carbocycles. The number of benzene rings is 3. The number of fused-ring (bicyclic) bond motifs is 2. The number of ether oxygens (including phenoxy) is 1. The average Bonchev–Trinajstić information content (AvgIpc) is 3.06. The van der Waals surface area contributed by atoms with Crippen LogP contribution in [-0.4, -0.2) is 23.6 Å². The van der Waals surface area contributed by atoms with Crippen LogP contribution in [0, 0.1) is 0 Å². The fourth-order valence-electron chi connectivity index (χ4n) is 3.27. The van der Waals surface area contributed by atoms with Gasteiger partial charge in [0.1, 0.15) is 6.54 Å². The highest BCUT2D eigenvalue weighted by Crippen LogP contribution is 2.23. The first-order valence-corrected chi connectivity index (χ1v) is 8.60. The third-order valence-electron chi connectivity index (χ3n) is 4.54. The van der Waals surface area contributed by atoms with Crippen LogP contribution in [0.5, 0.6) is 0 Å². The predicted molar refractivity (Wildman–Crippen MR) is 106 cm³/mol. The van der Waals surface area contributed by atoms with E-state index >= 15 is 0 Å². The van der Waals surface area contributed by atoms with E-state index in [0.717, 1.165) is 27.4 Å². The van der Waals surface area contributed by atoms with Crippen LogP contribution in [0.3, 0.4) is 0 Å². The first-order valence-electron chi connectivity index (χ1n) is 8.60. The topological polar surface area (TPSA) is 60.3 Å². The molecule has 134 valence electrons. The summed E-state index contributed by atoms with van der Waals surface area (Å²) in [4.78, 5) is 24.6. The Hall–Kier alpha value is -3.60. The number of hydrogen-bond donors (Lipinski definition) is 1. The van der Waals surface area contributed by atoms with Gasteiger partial charge in [-0.15, -0.1) is 0 Å². The molecule has 27 heavy (non-hydrogen) atoms. The standard InChI is InChI=1S/C22H18N2O3/c1-27-22(26)19-13-24(20-9-5-4-8-18(19)20)14-21(25)23-17-11-10-15-6-2-3-7-16(15)12-17/h2-13H,14H2,1H3,(H,23,25). The number of nitrogens with one attached hydrogen (secondary N) is 1. The van der Waals surface area contributed by atoms with Gasteiger partial charge in [-0.2, -0.15) is 0 Å². The highest BCUT2D eigenvalue weighted by molar-refractivity contribution is 6.05. The first-order chi connectivity index (χ1) is 13.2. The van der Waals surface area contributed by atoms with E-state index in [1.807, 2.05) is 66.7 Å². The van der Waals surface area contributed by atoms with Crippen molar-refractivity contribution in [1.82, 2.24) is 4.57 Å². The fourth-order valence-corrected chi connectivity index (χ4v) is 3.27. The van der Waals surface area contributed by atoms with Gasteiger partial charge in [0, 0.05) is 22.8 Å². The molecule has 5 heteroatoms. The summed E-state index contributed by atoms with van der Waals surface area (Å²) in [5.74, 6) is -0.581. The molecule has 0 aliphatic heterocycles. The lowest BCUT2D eigenvalue weighted by atomic mass is 10.1. The molecule has 0 unspecified atom stereocenters. The molecule has 0 aliphatic carbocycles. The Morgan fingerprint density at radius 3 is 2.52 bits per heavy atom. The summed E-state index contributed by atoms with van der Waals surface area (Å²) in [5, 5.41) is 5.87. The number of nitrogens with zero attached hydrogens (tertiary/aromatic N) is 1. The molecule has 0 fully saturated rings. The number of carbonyl (C=O) groups is 2. The molecule has 4 rings (SSSR count). The summed E-state index contributed by atoms with van der Waals surface area (Å²) in [6, 6.07) is 21.2. The smallest absolute Gasteiger partial charge is 0.340 e. The second-order valence-electron chi connectivity index (χ2n) is 6.29. The van der Waals surface area contributed by atoms with Gasteiger partial charge in [-0.3, -0.25) is 4.79 Å². The third kappa shape index (κ3) is 3.27. The van der Waals surface area contributed by atoms with Crippen LogP contribution in [-0.2, 0) is 16.1 Å². The minimum absolute atomic E-state index is 0.102. The summed E-state index contributed by atoms with van der Waals surface area (Å²) < 4.78 is 6.61. The fraction of sp³-hybridized carbons (Fsp3) is 0.0909. The molecular formula is C22H18N2O3. The maximum atomic E-state index is 12.6. The van der Waals surface area contributed by atoms with E-state index < -0.39 is 5.97 Å². The molecule has 0 radical (unpaired) electrons. The van der Waals surface area contributed by atoms with E-state index in [0.29, 0.717) is 5.56 Å². The Balaban J connectivity index is 1.59. The Labute approximate surface area is 156 Å². The van der Waals surface area contributed by atoms with Crippen LogP contribution in [0.4, 0.5) is 5.69 Å². The lowest BCUT2D eigenvalue weighted by molar-refractivity contribution is -0.116. The average molecular weight is 358 g/mol. The van der Waals surface area contributed by atoms with Crippen molar-refractivity contribution in [3.8, 4) is 0 Å². The zero-order valence-electron chi connectivity index (χ0n) is 14.8. The SMILES string of the molecule is COC(=O)c1cn(CC(=O)Nc2ccc3ccccc3c2)c2ccccc12. The number of anilines is 1. The second kappa shape index (κ2) is 6.96. The van der Waals surface area contributed by atoms with E-state index in [1.165, 1.54) is 7.11 Å². The lowest BCUT2D eigenvalue weighted by Crippen LogP contribution is -2.18. The zero-order chi connectivity index (χ0) is 18.8. The van der Waals surface area contributed by atoms with Crippen molar-refractivity contribution >= 4 is 39.2 Å². The molecule has 1 amide bonds. The van der Waals surface area contributed by atoms with Gasteiger partial charge in [0.2, 0.25) is 5.91 Å². The number of esters is 1. The maximum Gasteiger partial charge on any atom is 0.340 e. The van der Waals surface area contributed by atoms with Crippen molar-refractivity contribution in [1.29, 1.82) is 0 Å². The molecule has 0 bridgehead atoms. The largest absolute Gasteiger partial charge is 0.465 e. The summed E-state index contributed by atoms with van der Waals surface area (Å²) in [5.41, 5.74) is 2.00. The van der Waals surface area contributed by atoms with Crippen molar-refractivity contribution in [3.63, 3.8) is 0 Å². The van der Waals surface area contributed by atoms with Gasteiger partial charge < -0.3 is 14.6 Å². The van der Waals surface area contributed by atoms with E-state index in [1.54, 1.807) is 10.8 Å². The summed E-state index contributed by atoms with van der Waals surface area (Å²) in [7, 11) is 1.35. The van der Waals surface area contributed by atoms with E-state index in [2.05, 4.69) is 5.32 Å². The molecule has 0 atom stereocenters. The van der Waals surface area contributed by atoms with Crippen molar-refractivity contribution in [3.05, 3.63) is 78.5 Å². The van der Waals surface area contributed by atoms with Crippen LogP contribution in [0.1, 0.15) is 10.4 Å². The molecule has 1 N–H and O–H groups in total. The molecule has 1 heterocycles. The monoisotopic (exact) mass is 358 g/mol. The summed E-state index contributed by atoms with van der Waals surface area (Å²) in [6.07, 6.45) is 1.66. The Bertz CT molecular complexity index is 1160. The Morgan fingerprint density at radius 1 is 0.963 bits per heavy atom. The molecule has 4 aromatic rings. The maximum absolute atomic E-state index is 12.6. The van der Waals surface area contributed by atoms with Crippen molar-refractivity contribution in [2.24, 2.45) is 0 Å². The Morgan fingerprint density at radius 2 is 1.70 bits per heavy atom. The number of hydrogen-bond acceptors (Lipinski definition) is 3. The van der Waals surface area contributed by atoms with Crippen molar-refractivity contribution < 1.29 is 14.3 Å². The number of amides is 1. The first kappa shape index (κ1) is 16.8. The van der Waals surface area contributed by atoms with E-state index in [-0.39, 0.29) is 12.5 Å². The molecule has 1 aromatic heterocycles.